The summed E-state index contributed by atoms with van der Waals surface area (Å²) < 4.78 is 0. The lowest BCUT2D eigenvalue weighted by atomic mass is 10.2. The number of aldehydes is 1. The molecule has 0 aromatic carbocycles. The van der Waals surface area contributed by atoms with Crippen molar-refractivity contribution in [2.24, 2.45) is 0 Å². The summed E-state index contributed by atoms with van der Waals surface area (Å²) in [5.41, 5.74) is 0. The van der Waals surface area contributed by atoms with Crippen molar-refractivity contribution in [3.63, 3.8) is 0 Å². The van der Waals surface area contributed by atoms with Gasteiger partial charge in [-0.1, -0.05) is 6.92 Å². The maximum atomic E-state index is 11.4. The normalized spacial score (nSPS) is 13.7. The Morgan fingerprint density at radius 1 is 1.44 bits per heavy atom. The SMILES string of the molecule is CCC(=O)N[C@@H](C)C(=O)NC[C@@H](O)CC=O. The van der Waals surface area contributed by atoms with E-state index in [-0.39, 0.29) is 24.8 Å². The van der Waals surface area contributed by atoms with Gasteiger partial charge in [-0.25, -0.2) is 0 Å². The monoisotopic (exact) mass is 230 g/mol. The van der Waals surface area contributed by atoms with Gasteiger partial charge in [0.05, 0.1) is 6.10 Å². The molecule has 16 heavy (non-hydrogen) atoms. The summed E-state index contributed by atoms with van der Waals surface area (Å²) in [5.74, 6) is -0.595. The van der Waals surface area contributed by atoms with Crippen molar-refractivity contribution in [2.45, 2.75) is 38.8 Å². The van der Waals surface area contributed by atoms with Crippen molar-refractivity contribution in [3.8, 4) is 0 Å². The average molecular weight is 230 g/mol. The van der Waals surface area contributed by atoms with Crippen molar-refractivity contribution < 1.29 is 19.5 Å². The van der Waals surface area contributed by atoms with Gasteiger partial charge in [0.15, 0.2) is 0 Å². The molecule has 0 fully saturated rings. The second kappa shape index (κ2) is 7.81. The Labute approximate surface area is 94.4 Å². The molecular formula is C10H18N2O4. The molecule has 0 heterocycles. The molecule has 0 unspecified atom stereocenters. The zero-order valence-corrected chi connectivity index (χ0v) is 9.53. The van der Waals surface area contributed by atoms with Crippen molar-refractivity contribution in [1.82, 2.24) is 10.6 Å². The van der Waals surface area contributed by atoms with Crippen LogP contribution < -0.4 is 10.6 Å². The van der Waals surface area contributed by atoms with E-state index in [4.69, 9.17) is 0 Å². The Hall–Kier alpha value is -1.43. The van der Waals surface area contributed by atoms with E-state index in [2.05, 4.69) is 10.6 Å². The van der Waals surface area contributed by atoms with Crippen molar-refractivity contribution in [2.75, 3.05) is 6.54 Å². The maximum Gasteiger partial charge on any atom is 0.242 e. The molecule has 2 amide bonds. The predicted molar refractivity (Wildman–Crippen MR) is 57.6 cm³/mol. The number of aliphatic hydroxyl groups excluding tert-OH is 1. The first-order chi connectivity index (χ1) is 7.51. The third-order valence-electron chi connectivity index (χ3n) is 1.97. The molecule has 0 aromatic heterocycles. The standard InChI is InChI=1S/C10H18N2O4/c1-3-9(15)12-7(2)10(16)11-6-8(14)4-5-13/h5,7-8,14H,3-4,6H2,1-2H3,(H,11,16)(H,12,15)/t7-,8-/m0/s1. The third kappa shape index (κ3) is 6.13. The van der Waals surface area contributed by atoms with Crippen LogP contribution in [-0.4, -0.2) is 41.9 Å². The van der Waals surface area contributed by atoms with Crippen LogP contribution in [0.4, 0.5) is 0 Å². The summed E-state index contributed by atoms with van der Waals surface area (Å²) in [5, 5.41) is 14.1. The molecule has 0 aromatic rings. The minimum atomic E-state index is -0.879. The van der Waals surface area contributed by atoms with Crippen LogP contribution in [0, 0.1) is 0 Å². The number of hydrogen-bond donors (Lipinski definition) is 3. The molecule has 6 heteroatoms. The second-order valence-corrected chi connectivity index (χ2v) is 3.44. The second-order valence-electron chi connectivity index (χ2n) is 3.44. The van der Waals surface area contributed by atoms with Crippen LogP contribution >= 0.6 is 0 Å². The number of carbonyl (C=O) groups excluding carboxylic acids is 3. The molecular weight excluding hydrogens is 212 g/mol. The molecule has 0 bridgehead atoms. The molecule has 0 aliphatic rings. The van der Waals surface area contributed by atoms with Gasteiger partial charge < -0.3 is 20.5 Å². The number of aliphatic hydroxyl groups is 1. The zero-order valence-electron chi connectivity index (χ0n) is 9.53. The quantitative estimate of drug-likeness (QED) is 0.487. The van der Waals surface area contributed by atoms with Crippen LogP contribution in [0.15, 0.2) is 0 Å². The van der Waals surface area contributed by atoms with Gasteiger partial charge in [0.2, 0.25) is 11.8 Å². The Morgan fingerprint density at radius 3 is 2.56 bits per heavy atom. The Morgan fingerprint density at radius 2 is 2.06 bits per heavy atom. The number of amides is 2. The first kappa shape index (κ1) is 14.6. The Bertz CT molecular complexity index is 255. The molecule has 3 N–H and O–H groups in total. The number of hydrogen-bond acceptors (Lipinski definition) is 4. The molecule has 0 saturated heterocycles. The molecule has 0 rings (SSSR count). The van der Waals surface area contributed by atoms with Gasteiger partial charge >= 0.3 is 0 Å². The third-order valence-corrected chi connectivity index (χ3v) is 1.97. The van der Waals surface area contributed by atoms with Gasteiger partial charge in [-0.2, -0.15) is 0 Å². The van der Waals surface area contributed by atoms with Gasteiger partial charge in [-0.05, 0) is 6.92 Å². The number of nitrogens with one attached hydrogen (secondary N) is 2. The van der Waals surface area contributed by atoms with Gasteiger partial charge in [0, 0.05) is 19.4 Å². The van der Waals surface area contributed by atoms with Crippen LogP contribution in [0.3, 0.4) is 0 Å². The highest BCUT2D eigenvalue weighted by Crippen LogP contribution is 1.88. The van der Waals surface area contributed by atoms with E-state index in [1.54, 1.807) is 13.8 Å². The minimum absolute atomic E-state index is 0.00388. The summed E-state index contributed by atoms with van der Waals surface area (Å²) in [4.78, 5) is 32.4. The fraction of sp³-hybridized carbons (Fsp3) is 0.700. The molecule has 0 radical (unpaired) electrons. The van der Waals surface area contributed by atoms with E-state index < -0.39 is 12.1 Å². The smallest absolute Gasteiger partial charge is 0.242 e. The minimum Gasteiger partial charge on any atom is -0.391 e. The molecule has 0 saturated carbocycles. The summed E-state index contributed by atoms with van der Waals surface area (Å²) >= 11 is 0. The maximum absolute atomic E-state index is 11.4. The Kier molecular flexibility index (Phi) is 7.11. The number of carbonyl (C=O) groups is 3. The van der Waals surface area contributed by atoms with E-state index in [1.165, 1.54) is 0 Å². The highest BCUT2D eigenvalue weighted by atomic mass is 16.3. The fourth-order valence-corrected chi connectivity index (χ4v) is 0.975. The highest BCUT2D eigenvalue weighted by Gasteiger charge is 2.15. The molecule has 6 nitrogen and oxygen atoms in total. The van der Waals surface area contributed by atoms with Crippen molar-refractivity contribution in [1.29, 1.82) is 0 Å². The molecule has 0 aliphatic carbocycles. The predicted octanol–water partition coefficient (Wildman–Crippen LogP) is -1.03. The molecule has 92 valence electrons. The summed E-state index contributed by atoms with van der Waals surface area (Å²) in [6, 6.07) is -0.643. The average Bonchev–Trinajstić information content (AvgIpc) is 2.25. The number of rotatable bonds is 7. The van der Waals surface area contributed by atoms with Crippen LogP contribution in [0.2, 0.25) is 0 Å². The van der Waals surface area contributed by atoms with Gasteiger partial charge in [-0.3, -0.25) is 9.59 Å². The van der Waals surface area contributed by atoms with E-state index in [9.17, 15) is 19.5 Å². The van der Waals surface area contributed by atoms with Crippen LogP contribution in [0.5, 0.6) is 0 Å². The van der Waals surface area contributed by atoms with Gasteiger partial charge in [0.1, 0.15) is 12.3 Å². The summed E-state index contributed by atoms with van der Waals surface area (Å²) in [6.07, 6.45) is -0.00367. The van der Waals surface area contributed by atoms with Crippen LogP contribution in [0.25, 0.3) is 0 Å². The summed E-state index contributed by atoms with van der Waals surface area (Å²) in [6.45, 7) is 3.24. The van der Waals surface area contributed by atoms with E-state index in [0.717, 1.165) is 0 Å². The Balaban J connectivity index is 3.87. The lowest BCUT2D eigenvalue weighted by molar-refractivity contribution is -0.128. The molecule has 0 aliphatic heterocycles. The lowest BCUT2D eigenvalue weighted by Crippen LogP contribution is -2.46. The fourth-order valence-electron chi connectivity index (χ4n) is 0.975. The summed E-state index contributed by atoms with van der Waals surface area (Å²) in [7, 11) is 0. The first-order valence-electron chi connectivity index (χ1n) is 5.20. The van der Waals surface area contributed by atoms with E-state index >= 15 is 0 Å². The van der Waals surface area contributed by atoms with Gasteiger partial charge in [-0.15, -0.1) is 0 Å². The van der Waals surface area contributed by atoms with Crippen LogP contribution in [-0.2, 0) is 14.4 Å². The lowest BCUT2D eigenvalue weighted by Gasteiger charge is -2.15. The topological polar surface area (TPSA) is 95.5 Å². The van der Waals surface area contributed by atoms with E-state index in [1.807, 2.05) is 0 Å². The highest BCUT2D eigenvalue weighted by molar-refractivity contribution is 5.87. The molecule has 0 spiro atoms. The van der Waals surface area contributed by atoms with Crippen molar-refractivity contribution in [3.05, 3.63) is 0 Å². The van der Waals surface area contributed by atoms with Gasteiger partial charge in [0.25, 0.3) is 0 Å². The largest absolute Gasteiger partial charge is 0.391 e. The molecule has 2 atom stereocenters. The van der Waals surface area contributed by atoms with Crippen molar-refractivity contribution >= 4 is 18.1 Å². The van der Waals surface area contributed by atoms with Crippen LogP contribution in [0.1, 0.15) is 26.7 Å². The van der Waals surface area contributed by atoms with E-state index in [0.29, 0.717) is 12.7 Å². The zero-order chi connectivity index (χ0) is 12.6. The first-order valence-corrected chi connectivity index (χ1v) is 5.20.